The van der Waals surface area contributed by atoms with Crippen LogP contribution in [-0.4, -0.2) is 38.3 Å². The lowest BCUT2D eigenvalue weighted by Gasteiger charge is -2.42. The summed E-state index contributed by atoms with van der Waals surface area (Å²) in [6.07, 6.45) is 1.79. The van der Waals surface area contributed by atoms with Gasteiger partial charge in [0.25, 0.3) is 0 Å². The van der Waals surface area contributed by atoms with Gasteiger partial charge < -0.3 is 15.4 Å². The quantitative estimate of drug-likeness (QED) is 0.670. The molecule has 88 valence electrons. The molecule has 1 aliphatic rings. The smallest absolute Gasteiger partial charge is 0.326 e. The molecule has 2 unspecified atom stereocenters. The minimum Gasteiger partial charge on any atom is -0.468 e. The van der Waals surface area contributed by atoms with E-state index in [0.29, 0.717) is 5.92 Å². The van der Waals surface area contributed by atoms with E-state index in [1.807, 2.05) is 6.92 Å². The van der Waals surface area contributed by atoms with Gasteiger partial charge >= 0.3 is 5.97 Å². The topological polar surface area (TPSA) is 50.4 Å². The zero-order valence-electron chi connectivity index (χ0n) is 9.93. The molecule has 0 aromatic rings. The van der Waals surface area contributed by atoms with Crippen LogP contribution < -0.4 is 10.6 Å². The Labute approximate surface area is 91.8 Å². The Morgan fingerprint density at radius 1 is 1.60 bits per heavy atom. The van der Waals surface area contributed by atoms with E-state index in [2.05, 4.69) is 17.6 Å². The van der Waals surface area contributed by atoms with Crippen molar-refractivity contribution in [2.45, 2.75) is 32.2 Å². The molecule has 0 radical (unpaired) electrons. The van der Waals surface area contributed by atoms with Crippen LogP contribution in [0.1, 0.15) is 26.7 Å². The number of esters is 1. The zero-order chi connectivity index (χ0) is 11.3. The molecule has 0 bridgehead atoms. The second kappa shape index (κ2) is 5.47. The maximum absolute atomic E-state index is 11.9. The van der Waals surface area contributed by atoms with Crippen LogP contribution in [0.2, 0.25) is 0 Å². The summed E-state index contributed by atoms with van der Waals surface area (Å²) in [5.74, 6) is 0.205. The maximum atomic E-state index is 11.9. The van der Waals surface area contributed by atoms with Gasteiger partial charge in [0.1, 0.15) is 5.54 Å². The van der Waals surface area contributed by atoms with E-state index >= 15 is 0 Å². The van der Waals surface area contributed by atoms with Crippen LogP contribution in [-0.2, 0) is 9.53 Å². The first kappa shape index (κ1) is 12.5. The molecule has 2 N–H and O–H groups in total. The van der Waals surface area contributed by atoms with E-state index in [9.17, 15) is 4.79 Å². The van der Waals surface area contributed by atoms with Crippen molar-refractivity contribution >= 4 is 5.97 Å². The molecule has 0 aliphatic carbocycles. The maximum Gasteiger partial charge on any atom is 0.326 e. The zero-order valence-corrected chi connectivity index (χ0v) is 9.93. The molecule has 15 heavy (non-hydrogen) atoms. The highest BCUT2D eigenvalue weighted by molar-refractivity contribution is 5.81. The minimum absolute atomic E-state index is 0.113. The van der Waals surface area contributed by atoms with Crippen LogP contribution in [0.3, 0.4) is 0 Å². The largest absolute Gasteiger partial charge is 0.468 e. The van der Waals surface area contributed by atoms with Crippen molar-refractivity contribution < 1.29 is 9.53 Å². The molecule has 4 nitrogen and oxygen atoms in total. The van der Waals surface area contributed by atoms with Crippen LogP contribution in [0.4, 0.5) is 0 Å². The Bertz CT molecular complexity index is 217. The normalized spacial score (nSPS) is 31.3. The first-order valence-electron chi connectivity index (χ1n) is 5.75. The van der Waals surface area contributed by atoms with Crippen LogP contribution in [0.25, 0.3) is 0 Å². The number of hydrogen-bond acceptors (Lipinski definition) is 4. The van der Waals surface area contributed by atoms with E-state index in [0.717, 1.165) is 32.5 Å². The fourth-order valence-corrected chi connectivity index (χ4v) is 2.50. The van der Waals surface area contributed by atoms with Crippen molar-refractivity contribution in [3.8, 4) is 0 Å². The highest BCUT2D eigenvalue weighted by Gasteiger charge is 2.46. The number of likely N-dealkylation sites (N-methyl/N-ethyl adjacent to an activating group) is 1. The van der Waals surface area contributed by atoms with E-state index in [-0.39, 0.29) is 5.97 Å². The number of nitrogens with one attached hydrogen (secondary N) is 2. The predicted octanol–water partition coefficient (Wildman–Crippen LogP) is 0.527. The van der Waals surface area contributed by atoms with Gasteiger partial charge in [0.2, 0.25) is 0 Å². The van der Waals surface area contributed by atoms with Gasteiger partial charge in [-0.2, -0.15) is 0 Å². The third kappa shape index (κ3) is 2.32. The van der Waals surface area contributed by atoms with Crippen molar-refractivity contribution in [3.63, 3.8) is 0 Å². The van der Waals surface area contributed by atoms with E-state index < -0.39 is 5.54 Å². The van der Waals surface area contributed by atoms with Crippen LogP contribution in [0.5, 0.6) is 0 Å². The molecule has 1 aliphatic heterocycles. The molecule has 0 aromatic carbocycles. The average Bonchev–Trinajstić information content (AvgIpc) is 2.28. The summed E-state index contributed by atoms with van der Waals surface area (Å²) in [6, 6.07) is 0. The number of rotatable bonds is 4. The number of ether oxygens (including phenoxy) is 1. The van der Waals surface area contributed by atoms with Crippen LogP contribution in [0, 0.1) is 5.92 Å². The molecule has 2 atom stereocenters. The van der Waals surface area contributed by atoms with Gasteiger partial charge in [-0.05, 0) is 25.9 Å². The summed E-state index contributed by atoms with van der Waals surface area (Å²) in [4.78, 5) is 11.9. The van der Waals surface area contributed by atoms with Gasteiger partial charge in [-0.15, -0.1) is 0 Å². The monoisotopic (exact) mass is 214 g/mol. The first-order chi connectivity index (χ1) is 7.21. The van der Waals surface area contributed by atoms with Gasteiger partial charge in [-0.25, -0.2) is 0 Å². The Hall–Kier alpha value is -0.610. The molecule has 4 heteroatoms. The highest BCUT2D eigenvalue weighted by atomic mass is 16.5. The highest BCUT2D eigenvalue weighted by Crippen LogP contribution is 2.28. The number of methoxy groups -OCH3 is 1. The summed E-state index contributed by atoms with van der Waals surface area (Å²) in [5.41, 5.74) is -0.469. The molecular weight excluding hydrogens is 192 g/mol. The van der Waals surface area contributed by atoms with Gasteiger partial charge in [-0.3, -0.25) is 4.79 Å². The second-order valence-electron chi connectivity index (χ2n) is 4.05. The molecule has 0 amide bonds. The Morgan fingerprint density at radius 2 is 2.33 bits per heavy atom. The van der Waals surface area contributed by atoms with Crippen molar-refractivity contribution in [1.29, 1.82) is 0 Å². The van der Waals surface area contributed by atoms with Gasteiger partial charge in [0.05, 0.1) is 7.11 Å². The number of piperidine rings is 1. The van der Waals surface area contributed by atoms with E-state index in [1.54, 1.807) is 0 Å². The van der Waals surface area contributed by atoms with Crippen LogP contribution >= 0.6 is 0 Å². The third-order valence-electron chi connectivity index (χ3n) is 3.32. The SMILES string of the molecule is CCNC1(C(=O)OC)CCNCC1CC. The molecule has 1 saturated heterocycles. The fourth-order valence-electron chi connectivity index (χ4n) is 2.50. The van der Waals surface area contributed by atoms with Crippen molar-refractivity contribution in [3.05, 3.63) is 0 Å². The lowest BCUT2D eigenvalue weighted by molar-refractivity contribution is -0.152. The lowest BCUT2D eigenvalue weighted by Crippen LogP contribution is -2.63. The van der Waals surface area contributed by atoms with Gasteiger partial charge in [0.15, 0.2) is 0 Å². The number of carbonyl (C=O) groups excluding carboxylic acids is 1. The molecule has 0 saturated carbocycles. The number of hydrogen-bond donors (Lipinski definition) is 2. The molecule has 0 spiro atoms. The fraction of sp³-hybridized carbons (Fsp3) is 0.909. The average molecular weight is 214 g/mol. The minimum atomic E-state index is -0.469. The summed E-state index contributed by atoms with van der Waals surface area (Å²) in [5, 5.41) is 6.67. The second-order valence-corrected chi connectivity index (χ2v) is 4.05. The molecule has 0 aromatic heterocycles. The van der Waals surface area contributed by atoms with Crippen molar-refractivity contribution in [1.82, 2.24) is 10.6 Å². The Kier molecular flexibility index (Phi) is 4.54. The van der Waals surface area contributed by atoms with Gasteiger partial charge in [-0.1, -0.05) is 13.8 Å². The van der Waals surface area contributed by atoms with Crippen LogP contribution in [0.15, 0.2) is 0 Å². The molecule has 1 heterocycles. The standard InChI is InChI=1S/C11H22N2O2/c1-4-9-8-12-7-6-11(9,13-5-2)10(14)15-3/h9,12-13H,4-8H2,1-3H3. The molecule has 1 rings (SSSR count). The lowest BCUT2D eigenvalue weighted by atomic mass is 9.77. The van der Waals surface area contributed by atoms with Crippen molar-refractivity contribution in [2.24, 2.45) is 5.92 Å². The van der Waals surface area contributed by atoms with E-state index in [1.165, 1.54) is 7.11 Å². The molecular formula is C11H22N2O2. The summed E-state index contributed by atoms with van der Waals surface area (Å²) >= 11 is 0. The molecule has 1 fully saturated rings. The summed E-state index contributed by atoms with van der Waals surface area (Å²) in [6.45, 7) is 6.70. The summed E-state index contributed by atoms with van der Waals surface area (Å²) in [7, 11) is 1.47. The first-order valence-corrected chi connectivity index (χ1v) is 5.75. The predicted molar refractivity (Wildman–Crippen MR) is 59.7 cm³/mol. The Balaban J connectivity index is 2.88. The third-order valence-corrected chi connectivity index (χ3v) is 3.32. The number of carbonyl (C=O) groups is 1. The Morgan fingerprint density at radius 3 is 2.87 bits per heavy atom. The summed E-state index contributed by atoms with van der Waals surface area (Å²) < 4.78 is 4.95. The van der Waals surface area contributed by atoms with Gasteiger partial charge in [0, 0.05) is 12.5 Å². The van der Waals surface area contributed by atoms with Crippen molar-refractivity contribution in [2.75, 3.05) is 26.7 Å². The van der Waals surface area contributed by atoms with E-state index in [4.69, 9.17) is 4.74 Å².